The highest BCUT2D eigenvalue weighted by atomic mass is 32.2. The molecule has 17 heteroatoms. The number of nitrogen functional groups attached to an aromatic ring is 1. The molecule has 16 nitrogen and oxygen atoms in total. The molecule has 4 aromatic rings. The van der Waals surface area contributed by atoms with Gasteiger partial charge in [-0.05, 0) is 43.5 Å². The number of Topliss-reactive ketones (excluding diaryl/α,β-unsaturated/α-hetero) is 1. The number of aromatic nitrogens is 5. The van der Waals surface area contributed by atoms with Gasteiger partial charge in [0.05, 0.1) is 24.6 Å². The van der Waals surface area contributed by atoms with E-state index in [0.717, 1.165) is 16.8 Å². The summed E-state index contributed by atoms with van der Waals surface area (Å²) >= 11 is 1.36. The number of nitrogens with two attached hydrogens (primary N) is 1. The van der Waals surface area contributed by atoms with Gasteiger partial charge in [0.25, 0.3) is 5.91 Å². The fourth-order valence-electron chi connectivity index (χ4n) is 4.66. The number of anilines is 2. The van der Waals surface area contributed by atoms with Crippen molar-refractivity contribution in [2.24, 2.45) is 11.0 Å². The van der Waals surface area contributed by atoms with Crippen molar-refractivity contribution < 1.29 is 29.0 Å². The van der Waals surface area contributed by atoms with Crippen molar-refractivity contribution in [2.45, 2.75) is 39.7 Å². The molecular weight excluding hydrogens is 666 g/mol. The van der Waals surface area contributed by atoms with Gasteiger partial charge in [0.2, 0.25) is 0 Å². The summed E-state index contributed by atoms with van der Waals surface area (Å²) in [5.41, 5.74) is 12.0. The van der Waals surface area contributed by atoms with Crippen molar-refractivity contribution >= 4 is 57.9 Å². The minimum atomic E-state index is -1.03. The topological polar surface area (TPSA) is 229 Å². The zero-order chi connectivity index (χ0) is 36.0. The van der Waals surface area contributed by atoms with E-state index in [1.807, 2.05) is 38.1 Å². The maximum atomic E-state index is 12.7. The van der Waals surface area contributed by atoms with E-state index in [-0.39, 0.29) is 55.3 Å². The molecule has 0 bridgehead atoms. The minimum absolute atomic E-state index is 0.0370. The fourth-order valence-corrected chi connectivity index (χ4v) is 5.62. The van der Waals surface area contributed by atoms with Crippen LogP contribution in [0.2, 0.25) is 0 Å². The zero-order valence-electron chi connectivity index (χ0n) is 28.1. The van der Waals surface area contributed by atoms with Gasteiger partial charge in [-0.2, -0.15) is 26.8 Å². The van der Waals surface area contributed by atoms with Crippen LogP contribution in [-0.4, -0.2) is 91.4 Å². The highest BCUT2D eigenvalue weighted by molar-refractivity contribution is 7.99. The maximum absolute atomic E-state index is 12.7. The number of methoxy groups -OCH3 is 1. The van der Waals surface area contributed by atoms with Gasteiger partial charge >= 0.3 is 17.7 Å². The Kier molecular flexibility index (Phi) is 13.9. The number of nitrogens with one attached hydrogen (secondary N) is 3. The molecule has 3 heterocycles. The number of carbonyl (C=O) groups is 3. The van der Waals surface area contributed by atoms with E-state index >= 15 is 0 Å². The summed E-state index contributed by atoms with van der Waals surface area (Å²) in [6.07, 6.45) is 2.01. The van der Waals surface area contributed by atoms with Gasteiger partial charge in [0, 0.05) is 49.9 Å². The number of carboxylic acid groups (broad SMARTS) is 1. The average molecular weight is 708 g/mol. The number of imidazole rings is 1. The van der Waals surface area contributed by atoms with Crippen LogP contribution in [0.1, 0.15) is 48.2 Å². The highest BCUT2D eigenvalue weighted by Gasteiger charge is 2.21. The van der Waals surface area contributed by atoms with E-state index in [1.54, 1.807) is 19.2 Å². The molecule has 0 saturated carbocycles. The third-order valence-electron chi connectivity index (χ3n) is 7.30. The third kappa shape index (κ3) is 11.1. The van der Waals surface area contributed by atoms with E-state index in [0.29, 0.717) is 47.9 Å². The van der Waals surface area contributed by atoms with Crippen LogP contribution in [0.5, 0.6) is 6.01 Å². The summed E-state index contributed by atoms with van der Waals surface area (Å²) in [5, 5.41) is 16.5. The number of aliphatic carboxylic acids is 1. The Balaban J connectivity index is 1.20. The van der Waals surface area contributed by atoms with E-state index < -0.39 is 17.6 Å². The molecule has 0 fully saturated rings. The van der Waals surface area contributed by atoms with Crippen LogP contribution in [0.15, 0.2) is 52.5 Å². The van der Waals surface area contributed by atoms with Crippen LogP contribution in [0.25, 0.3) is 11.2 Å². The number of aryl methyl sites for hydroxylation is 1. The van der Waals surface area contributed by atoms with Gasteiger partial charge in [0.15, 0.2) is 11.5 Å². The quantitative estimate of drug-likeness (QED) is 0.0506. The van der Waals surface area contributed by atoms with E-state index in [2.05, 4.69) is 35.8 Å². The van der Waals surface area contributed by atoms with Gasteiger partial charge in [-0.25, -0.2) is 9.78 Å². The largest absolute Gasteiger partial charge is 0.481 e. The van der Waals surface area contributed by atoms with Crippen LogP contribution in [-0.2, 0) is 27.3 Å². The van der Waals surface area contributed by atoms with Gasteiger partial charge in [-0.1, -0.05) is 24.3 Å². The molecule has 3 aromatic heterocycles. The number of hydrogen-bond acceptors (Lipinski definition) is 13. The predicted molar refractivity (Wildman–Crippen MR) is 191 cm³/mol. The number of aromatic amines is 1. The summed E-state index contributed by atoms with van der Waals surface area (Å²) in [5.74, 6) is -0.957. The van der Waals surface area contributed by atoms with Gasteiger partial charge in [-0.15, -0.1) is 0 Å². The number of carbonyl (C=O) groups excluding carboxylic acids is 2. The van der Waals surface area contributed by atoms with Crippen molar-refractivity contribution in [3.63, 3.8) is 0 Å². The van der Waals surface area contributed by atoms with Gasteiger partial charge < -0.3 is 30.6 Å². The second-order valence-electron chi connectivity index (χ2n) is 11.5. The molecule has 1 unspecified atom stereocenters. The standard InChI is InChI=1S/C33H41N9O7S/c1-20(2)40-41-26-11-9-23(17-36-26)30(44)35-12-15-50-19-24(31(45)46)16-25(43)10-8-21-4-6-22(7-5-21)18-42-29-27(37-33(42)47)28(34)38-32(39-29)49-14-13-48-3/h4-7,9,11,17,24H,8,10,12-16,18-19H2,1-3H3,(H,35,44)(H,36,41)(H,37,47)(H,45,46)(H2,34,38,39). The van der Waals surface area contributed by atoms with Crippen LogP contribution in [0.4, 0.5) is 11.6 Å². The van der Waals surface area contributed by atoms with Crippen molar-refractivity contribution in [3.05, 3.63) is 69.8 Å². The molecule has 0 aliphatic heterocycles. The first kappa shape index (κ1) is 37.5. The first-order valence-corrected chi connectivity index (χ1v) is 17.0. The number of fused-ring (bicyclic) bond motifs is 1. The Bertz CT molecular complexity index is 1850. The molecule has 0 aliphatic carbocycles. The average Bonchev–Trinajstić information content (AvgIpc) is 3.41. The van der Waals surface area contributed by atoms with E-state index in [1.165, 1.54) is 22.5 Å². The lowest BCUT2D eigenvalue weighted by Gasteiger charge is -2.12. The van der Waals surface area contributed by atoms with Crippen LogP contribution < -0.4 is 26.9 Å². The molecule has 1 aromatic carbocycles. The lowest BCUT2D eigenvalue weighted by atomic mass is 9.99. The Labute approximate surface area is 292 Å². The third-order valence-corrected chi connectivity index (χ3v) is 8.43. The van der Waals surface area contributed by atoms with E-state index in [9.17, 15) is 24.3 Å². The molecule has 0 radical (unpaired) electrons. The Morgan fingerprint density at radius 3 is 2.54 bits per heavy atom. The number of hydrogen-bond donors (Lipinski definition) is 5. The second-order valence-corrected chi connectivity index (χ2v) is 12.6. The summed E-state index contributed by atoms with van der Waals surface area (Å²) < 4.78 is 11.9. The molecule has 1 amide bonds. The zero-order valence-corrected chi connectivity index (χ0v) is 28.9. The number of H-pyrrole nitrogens is 1. The Hall–Kier alpha value is -5.29. The number of amides is 1. The van der Waals surface area contributed by atoms with Crippen molar-refractivity contribution in [3.8, 4) is 6.01 Å². The summed E-state index contributed by atoms with van der Waals surface area (Å²) in [7, 11) is 1.54. The van der Waals surface area contributed by atoms with Gasteiger partial charge in [0.1, 0.15) is 23.7 Å². The number of ether oxygens (including phenoxy) is 2. The Morgan fingerprint density at radius 1 is 1.10 bits per heavy atom. The molecule has 1 atom stereocenters. The smallest absolute Gasteiger partial charge is 0.328 e. The number of hydrazone groups is 1. The normalized spacial score (nSPS) is 11.6. The van der Waals surface area contributed by atoms with Crippen molar-refractivity contribution in [2.75, 3.05) is 49.5 Å². The van der Waals surface area contributed by atoms with Crippen LogP contribution in [0.3, 0.4) is 0 Å². The molecule has 266 valence electrons. The maximum Gasteiger partial charge on any atom is 0.328 e. The number of pyridine rings is 1. The molecule has 0 aliphatic rings. The summed E-state index contributed by atoms with van der Waals surface area (Å²) in [6, 6.07) is 10.8. The lowest BCUT2D eigenvalue weighted by molar-refractivity contribution is -0.142. The first-order valence-electron chi connectivity index (χ1n) is 15.8. The monoisotopic (exact) mass is 707 g/mol. The molecule has 4 rings (SSSR count). The number of rotatable bonds is 20. The minimum Gasteiger partial charge on any atom is -0.481 e. The molecule has 6 N–H and O–H groups in total. The molecule has 0 spiro atoms. The number of ketones is 1. The summed E-state index contributed by atoms with van der Waals surface area (Å²) in [6.45, 7) is 4.80. The van der Waals surface area contributed by atoms with Crippen molar-refractivity contribution in [1.82, 2.24) is 29.8 Å². The van der Waals surface area contributed by atoms with Crippen LogP contribution >= 0.6 is 11.8 Å². The highest BCUT2D eigenvalue weighted by Crippen LogP contribution is 2.20. The number of benzene rings is 1. The number of carboxylic acids is 1. The number of thioether (sulfide) groups is 1. The van der Waals surface area contributed by atoms with Gasteiger partial charge in [-0.3, -0.25) is 24.4 Å². The van der Waals surface area contributed by atoms with Crippen LogP contribution in [0, 0.1) is 5.92 Å². The summed E-state index contributed by atoms with van der Waals surface area (Å²) in [4.78, 5) is 64.9. The first-order chi connectivity index (χ1) is 24.0. The predicted octanol–water partition coefficient (Wildman–Crippen LogP) is 2.73. The molecule has 50 heavy (non-hydrogen) atoms. The number of nitrogens with zero attached hydrogens (tertiary/aromatic N) is 5. The lowest BCUT2D eigenvalue weighted by Crippen LogP contribution is -2.26. The van der Waals surface area contributed by atoms with Crippen molar-refractivity contribution in [1.29, 1.82) is 0 Å². The second kappa shape index (κ2) is 18.5. The molecule has 0 saturated heterocycles. The fraction of sp³-hybridized carbons (Fsp3) is 0.394. The molecular formula is C33H41N9O7S. The Morgan fingerprint density at radius 2 is 1.86 bits per heavy atom. The SMILES string of the molecule is COCCOc1nc(N)c2[nH]c(=O)n(Cc3ccc(CCC(=O)CC(CSCCNC(=O)c4ccc(NN=C(C)C)nc4)C(=O)O)cc3)c2n1. The van der Waals surface area contributed by atoms with E-state index in [4.69, 9.17) is 15.2 Å².